The Morgan fingerprint density at radius 3 is 2.21 bits per heavy atom. The van der Waals surface area contributed by atoms with E-state index in [1.54, 1.807) is 12.1 Å². The minimum absolute atomic E-state index is 0.0947. The molecule has 4 rings (SSSR count). The van der Waals surface area contributed by atoms with Gasteiger partial charge in [-0.3, -0.25) is 0 Å². The molecule has 2 heteroatoms. The Hall–Kier alpha value is -1.57. The van der Waals surface area contributed by atoms with E-state index in [0.717, 1.165) is 41.6 Å². The van der Waals surface area contributed by atoms with E-state index in [-0.39, 0.29) is 5.82 Å². The van der Waals surface area contributed by atoms with Crippen LogP contribution in [0.1, 0.15) is 75.7 Å². The van der Waals surface area contributed by atoms with E-state index >= 15 is 0 Å². The Kier molecular flexibility index (Phi) is 6.77. The molecule has 0 radical (unpaired) electrons. The number of fused-ring (bicyclic) bond motifs is 1. The highest BCUT2D eigenvalue weighted by molar-refractivity contribution is 5.31. The summed E-state index contributed by atoms with van der Waals surface area (Å²) in [5.41, 5.74) is 0.902. The maximum absolute atomic E-state index is 14.7. The van der Waals surface area contributed by atoms with Crippen molar-refractivity contribution in [1.82, 2.24) is 0 Å². The van der Waals surface area contributed by atoms with Gasteiger partial charge in [-0.15, -0.1) is 6.58 Å². The molecule has 3 saturated carbocycles. The Bertz CT molecular complexity index is 702. The predicted octanol–water partition coefficient (Wildman–Crippen LogP) is 7.68. The standard InChI is InChI=1S/C27H37FO/c1-3-15-29-25-13-14-26(27(28)18-25)24-12-11-22-16-21(9-10-23(22)17-24)20-7-5-19(4-2)6-8-20/h3-4,13-14,18-24H,1-2,5-12,15-17H2. The van der Waals surface area contributed by atoms with Crippen molar-refractivity contribution in [1.29, 1.82) is 0 Å². The second kappa shape index (κ2) is 9.49. The van der Waals surface area contributed by atoms with Crippen molar-refractivity contribution in [2.75, 3.05) is 6.61 Å². The van der Waals surface area contributed by atoms with Crippen LogP contribution in [-0.4, -0.2) is 6.61 Å². The van der Waals surface area contributed by atoms with Crippen molar-refractivity contribution < 1.29 is 9.13 Å². The lowest BCUT2D eigenvalue weighted by Crippen LogP contribution is -2.34. The first-order valence-electron chi connectivity index (χ1n) is 11.8. The van der Waals surface area contributed by atoms with Gasteiger partial charge in [0.25, 0.3) is 0 Å². The third kappa shape index (κ3) is 4.78. The van der Waals surface area contributed by atoms with Gasteiger partial charge in [-0.25, -0.2) is 4.39 Å². The van der Waals surface area contributed by atoms with E-state index in [0.29, 0.717) is 18.3 Å². The minimum atomic E-state index is -0.0947. The average Bonchev–Trinajstić information content (AvgIpc) is 2.77. The summed E-state index contributed by atoms with van der Waals surface area (Å²) in [5, 5.41) is 0. The van der Waals surface area contributed by atoms with Crippen LogP contribution in [0.3, 0.4) is 0 Å². The van der Waals surface area contributed by atoms with Crippen LogP contribution < -0.4 is 4.74 Å². The maximum Gasteiger partial charge on any atom is 0.130 e. The number of hydrogen-bond acceptors (Lipinski definition) is 1. The zero-order valence-electron chi connectivity index (χ0n) is 17.8. The molecule has 4 atom stereocenters. The molecule has 4 unspecified atom stereocenters. The molecule has 3 aliphatic carbocycles. The zero-order chi connectivity index (χ0) is 20.2. The highest BCUT2D eigenvalue weighted by Gasteiger charge is 2.39. The minimum Gasteiger partial charge on any atom is -0.489 e. The van der Waals surface area contributed by atoms with Crippen molar-refractivity contribution >= 4 is 0 Å². The van der Waals surface area contributed by atoms with Crippen LogP contribution in [0, 0.1) is 35.4 Å². The molecule has 0 saturated heterocycles. The molecule has 29 heavy (non-hydrogen) atoms. The fourth-order valence-corrected chi connectivity index (χ4v) is 6.57. The molecule has 3 aliphatic rings. The first-order valence-corrected chi connectivity index (χ1v) is 11.8. The van der Waals surface area contributed by atoms with Crippen LogP contribution in [0.2, 0.25) is 0 Å². The molecule has 1 aromatic carbocycles. The summed E-state index contributed by atoms with van der Waals surface area (Å²) in [6.07, 6.45) is 17.2. The monoisotopic (exact) mass is 396 g/mol. The summed E-state index contributed by atoms with van der Waals surface area (Å²) >= 11 is 0. The Labute approximate surface area is 176 Å². The smallest absolute Gasteiger partial charge is 0.130 e. The molecule has 1 nitrogen and oxygen atoms in total. The molecule has 0 heterocycles. The Morgan fingerprint density at radius 2 is 1.52 bits per heavy atom. The van der Waals surface area contributed by atoms with Crippen LogP contribution in [0.25, 0.3) is 0 Å². The van der Waals surface area contributed by atoms with Crippen molar-refractivity contribution in [2.45, 2.75) is 70.1 Å². The van der Waals surface area contributed by atoms with Crippen molar-refractivity contribution in [2.24, 2.45) is 29.6 Å². The lowest BCUT2D eigenvalue weighted by molar-refractivity contribution is 0.0744. The first-order chi connectivity index (χ1) is 14.2. The second-order valence-corrected chi connectivity index (χ2v) is 9.80. The Balaban J connectivity index is 1.33. The molecule has 3 fully saturated rings. The summed E-state index contributed by atoms with van der Waals surface area (Å²) in [4.78, 5) is 0. The molecule has 0 bridgehead atoms. The summed E-state index contributed by atoms with van der Waals surface area (Å²) < 4.78 is 20.2. The second-order valence-electron chi connectivity index (χ2n) is 9.80. The molecular formula is C27H37FO. The van der Waals surface area contributed by atoms with Crippen LogP contribution in [0.5, 0.6) is 5.75 Å². The van der Waals surface area contributed by atoms with Gasteiger partial charge < -0.3 is 4.74 Å². The molecule has 0 aromatic heterocycles. The molecule has 0 spiro atoms. The van der Waals surface area contributed by atoms with Crippen LogP contribution in [0.4, 0.5) is 4.39 Å². The number of halogens is 1. The predicted molar refractivity (Wildman–Crippen MR) is 119 cm³/mol. The van der Waals surface area contributed by atoms with E-state index < -0.39 is 0 Å². The van der Waals surface area contributed by atoms with Crippen molar-refractivity contribution in [3.05, 3.63) is 54.9 Å². The third-order valence-electron chi connectivity index (χ3n) is 8.25. The van der Waals surface area contributed by atoms with Crippen LogP contribution in [-0.2, 0) is 0 Å². The van der Waals surface area contributed by atoms with E-state index in [1.807, 2.05) is 12.1 Å². The zero-order valence-corrected chi connectivity index (χ0v) is 17.8. The van der Waals surface area contributed by atoms with Gasteiger partial charge in [0.05, 0.1) is 0 Å². The largest absolute Gasteiger partial charge is 0.489 e. The topological polar surface area (TPSA) is 9.23 Å². The van der Waals surface area contributed by atoms with E-state index in [1.165, 1.54) is 57.8 Å². The molecule has 1 aromatic rings. The van der Waals surface area contributed by atoms with Crippen molar-refractivity contribution in [3.63, 3.8) is 0 Å². The van der Waals surface area contributed by atoms with Gasteiger partial charge >= 0.3 is 0 Å². The van der Waals surface area contributed by atoms with Gasteiger partial charge in [0, 0.05) is 6.07 Å². The summed E-state index contributed by atoms with van der Waals surface area (Å²) in [6.45, 7) is 8.06. The van der Waals surface area contributed by atoms with Gasteiger partial charge in [0.15, 0.2) is 0 Å². The number of hydrogen-bond donors (Lipinski definition) is 0. The highest BCUT2D eigenvalue weighted by Crippen LogP contribution is 2.51. The lowest BCUT2D eigenvalue weighted by Gasteiger charge is -2.45. The molecular weight excluding hydrogens is 359 g/mol. The van der Waals surface area contributed by atoms with E-state index in [9.17, 15) is 4.39 Å². The maximum atomic E-state index is 14.7. The van der Waals surface area contributed by atoms with Gasteiger partial charge in [-0.05, 0) is 111 Å². The first kappa shape index (κ1) is 20.7. The van der Waals surface area contributed by atoms with E-state index in [2.05, 4.69) is 19.2 Å². The van der Waals surface area contributed by atoms with Crippen molar-refractivity contribution in [3.8, 4) is 5.75 Å². The number of ether oxygens (including phenoxy) is 1. The van der Waals surface area contributed by atoms with Crippen LogP contribution in [0.15, 0.2) is 43.5 Å². The summed E-state index contributed by atoms with van der Waals surface area (Å²) in [7, 11) is 0. The fourth-order valence-electron chi connectivity index (χ4n) is 6.57. The normalized spacial score (nSPS) is 34.8. The lowest BCUT2D eigenvalue weighted by atomic mass is 9.60. The molecule has 0 aliphatic heterocycles. The number of benzene rings is 1. The van der Waals surface area contributed by atoms with Gasteiger partial charge in [0.1, 0.15) is 18.2 Å². The molecule has 0 amide bonds. The third-order valence-corrected chi connectivity index (χ3v) is 8.25. The number of allylic oxidation sites excluding steroid dienone is 1. The number of rotatable bonds is 6. The summed E-state index contributed by atoms with van der Waals surface area (Å²) in [5.74, 6) is 5.22. The average molecular weight is 397 g/mol. The van der Waals surface area contributed by atoms with Gasteiger partial charge in [-0.1, -0.05) is 24.8 Å². The highest BCUT2D eigenvalue weighted by atomic mass is 19.1. The SMILES string of the molecule is C=CCOc1ccc(C2CCC3CC(C4CCC(C=C)CC4)CCC3C2)c(F)c1. The Morgan fingerprint density at radius 1 is 0.862 bits per heavy atom. The fraction of sp³-hybridized carbons (Fsp3) is 0.630. The quantitative estimate of drug-likeness (QED) is 0.448. The summed E-state index contributed by atoms with van der Waals surface area (Å²) in [6, 6.07) is 5.44. The van der Waals surface area contributed by atoms with Gasteiger partial charge in [0.2, 0.25) is 0 Å². The molecule has 158 valence electrons. The molecule has 0 N–H and O–H groups in total. The van der Waals surface area contributed by atoms with Crippen LogP contribution >= 0.6 is 0 Å². The van der Waals surface area contributed by atoms with E-state index in [4.69, 9.17) is 4.74 Å². The van der Waals surface area contributed by atoms with Gasteiger partial charge in [-0.2, -0.15) is 0 Å².